The summed E-state index contributed by atoms with van der Waals surface area (Å²) in [6, 6.07) is 11.1. The third-order valence-corrected chi connectivity index (χ3v) is 12.5. The number of halogens is 3. The standard InChI is InChI=1S/C39H31F3N6O4S/c1-17-11-20-12-27(53-33(20)35(43-17)45-25-10-8-22-23(25)13-24(41)31(42)32(22)51-2)29-28(36-46-47-38(50)52-36)26(9-5-18-3-6-21(40)7-4-18)44-34-30(29)37(49)48-16-19-14-39(34,48)15-19/h3-4,6-7,11-13,19,25H,5,8-10,14-16H2,1-2H3,(H,43,45)(H,47,50). The number of amides is 1. The largest absolute Gasteiger partial charge is 0.493 e. The van der Waals surface area contributed by atoms with Gasteiger partial charge in [0.05, 0.1) is 45.9 Å². The number of nitrogens with one attached hydrogen (secondary N) is 2. The van der Waals surface area contributed by atoms with Crippen molar-refractivity contribution >= 4 is 33.1 Å². The number of H-pyrrole nitrogens is 1. The van der Waals surface area contributed by atoms with Gasteiger partial charge >= 0.3 is 5.76 Å². The second-order valence-electron chi connectivity index (χ2n) is 14.4. The van der Waals surface area contributed by atoms with E-state index in [1.807, 2.05) is 24.0 Å². The minimum atomic E-state index is -0.997. The van der Waals surface area contributed by atoms with Crippen molar-refractivity contribution in [2.75, 3.05) is 19.0 Å². The minimum Gasteiger partial charge on any atom is -0.493 e. The SMILES string of the molecule is COc1c(F)c(F)cc2c1CCC2Nc1nc(C)cc2cc(-c3c4c(nc(CCc5ccc(F)cc5)c3-c3n[nH]c(=O)o3)C35CC(CN3C4=O)C5)sc12. The van der Waals surface area contributed by atoms with Crippen molar-refractivity contribution in [3.63, 3.8) is 0 Å². The van der Waals surface area contributed by atoms with Crippen LogP contribution >= 0.6 is 11.3 Å². The van der Waals surface area contributed by atoms with Crippen LogP contribution in [-0.2, 0) is 24.8 Å². The Bertz CT molecular complexity index is 2590. The number of thiophene rings is 1. The van der Waals surface area contributed by atoms with Gasteiger partial charge in [-0.15, -0.1) is 16.4 Å². The van der Waals surface area contributed by atoms with Crippen LogP contribution in [0.5, 0.6) is 5.75 Å². The average Bonchev–Trinajstić information content (AvgIpc) is 3.97. The molecule has 2 N–H and O–H groups in total. The Morgan fingerprint density at radius 3 is 2.62 bits per heavy atom. The minimum absolute atomic E-state index is 0.0223. The molecule has 5 aliphatic rings. The number of ether oxygens (including phenoxy) is 1. The van der Waals surface area contributed by atoms with Crippen molar-refractivity contribution in [1.29, 1.82) is 0 Å². The van der Waals surface area contributed by atoms with Crippen molar-refractivity contribution in [1.82, 2.24) is 25.1 Å². The van der Waals surface area contributed by atoms with Crippen LogP contribution in [-0.4, -0.2) is 44.6 Å². The van der Waals surface area contributed by atoms with Crippen LogP contribution < -0.4 is 15.8 Å². The number of nitrogens with zero attached hydrogens (tertiary/aromatic N) is 4. The molecule has 6 aromatic rings. The lowest BCUT2D eigenvalue weighted by Gasteiger charge is -2.37. The van der Waals surface area contributed by atoms with Crippen LogP contribution in [0, 0.1) is 30.3 Å². The van der Waals surface area contributed by atoms with Gasteiger partial charge in [-0.05, 0) is 98.2 Å². The third-order valence-electron chi connectivity index (χ3n) is 11.4. The van der Waals surface area contributed by atoms with E-state index in [2.05, 4.69) is 15.5 Å². The molecule has 2 saturated heterocycles. The first-order valence-electron chi connectivity index (χ1n) is 17.5. The molecule has 11 rings (SSSR count). The Balaban J connectivity index is 1.15. The van der Waals surface area contributed by atoms with E-state index >= 15 is 0 Å². The summed E-state index contributed by atoms with van der Waals surface area (Å²) in [7, 11) is 1.34. The highest BCUT2D eigenvalue weighted by atomic mass is 32.1. The first kappa shape index (κ1) is 32.2. The van der Waals surface area contributed by atoms with E-state index in [-0.39, 0.29) is 29.4 Å². The fourth-order valence-corrected chi connectivity index (χ4v) is 10.3. The smallest absolute Gasteiger partial charge is 0.434 e. The van der Waals surface area contributed by atoms with E-state index in [0.717, 1.165) is 44.8 Å². The molecule has 10 nitrogen and oxygen atoms in total. The molecular formula is C39H31F3N6O4S. The number of benzene rings is 2. The summed E-state index contributed by atoms with van der Waals surface area (Å²) in [6.45, 7) is 2.54. The first-order chi connectivity index (χ1) is 25.6. The molecular weight excluding hydrogens is 706 g/mol. The zero-order valence-electron chi connectivity index (χ0n) is 28.6. The predicted octanol–water partition coefficient (Wildman–Crippen LogP) is 7.40. The molecule has 3 fully saturated rings. The lowest BCUT2D eigenvalue weighted by molar-refractivity contribution is 0.0637. The molecule has 3 aliphatic heterocycles. The average molecular weight is 737 g/mol. The van der Waals surface area contributed by atoms with Gasteiger partial charge in [0.25, 0.3) is 11.8 Å². The van der Waals surface area contributed by atoms with Crippen LogP contribution in [0.4, 0.5) is 19.0 Å². The summed E-state index contributed by atoms with van der Waals surface area (Å²) >= 11 is 1.43. The summed E-state index contributed by atoms with van der Waals surface area (Å²) in [5.41, 5.74) is 5.28. The quantitative estimate of drug-likeness (QED) is 0.166. The zero-order chi connectivity index (χ0) is 36.3. The maximum absolute atomic E-state index is 14.7. The van der Waals surface area contributed by atoms with Gasteiger partial charge in [0.2, 0.25) is 5.82 Å². The molecule has 14 heteroatoms. The van der Waals surface area contributed by atoms with Crippen molar-refractivity contribution < 1.29 is 27.1 Å². The van der Waals surface area contributed by atoms with Crippen molar-refractivity contribution in [2.45, 2.75) is 57.0 Å². The Morgan fingerprint density at radius 1 is 1.06 bits per heavy atom. The first-order valence-corrected chi connectivity index (χ1v) is 18.4. The number of methoxy groups -OCH3 is 1. The van der Waals surface area contributed by atoms with Crippen molar-refractivity contribution in [2.24, 2.45) is 5.92 Å². The van der Waals surface area contributed by atoms with Gasteiger partial charge < -0.3 is 19.4 Å². The van der Waals surface area contributed by atoms with Gasteiger partial charge in [-0.1, -0.05) is 12.1 Å². The second kappa shape index (κ2) is 11.5. The predicted molar refractivity (Wildman–Crippen MR) is 191 cm³/mol. The summed E-state index contributed by atoms with van der Waals surface area (Å²) in [5, 5.41) is 11.0. The summed E-state index contributed by atoms with van der Waals surface area (Å²) in [4.78, 5) is 39.6. The number of anilines is 1. The van der Waals surface area contributed by atoms with E-state index in [9.17, 15) is 22.8 Å². The van der Waals surface area contributed by atoms with Crippen molar-refractivity contribution in [3.05, 3.63) is 110 Å². The molecule has 2 aromatic carbocycles. The lowest BCUT2D eigenvalue weighted by Crippen LogP contribution is -2.40. The fourth-order valence-electron chi connectivity index (χ4n) is 9.10. The van der Waals surface area contributed by atoms with Crippen LogP contribution in [0.25, 0.3) is 32.0 Å². The maximum atomic E-state index is 14.7. The highest BCUT2D eigenvalue weighted by molar-refractivity contribution is 7.23. The van der Waals surface area contributed by atoms with Gasteiger partial charge in [0.15, 0.2) is 11.6 Å². The highest BCUT2D eigenvalue weighted by Crippen LogP contribution is 2.63. The number of pyridine rings is 2. The summed E-state index contributed by atoms with van der Waals surface area (Å²) in [6.07, 6.45) is 3.69. The van der Waals surface area contributed by atoms with E-state index in [4.69, 9.17) is 19.1 Å². The Morgan fingerprint density at radius 2 is 1.87 bits per heavy atom. The molecule has 7 heterocycles. The third kappa shape index (κ3) is 4.73. The topological polar surface area (TPSA) is 126 Å². The number of aromatic nitrogens is 4. The molecule has 1 saturated carbocycles. The van der Waals surface area contributed by atoms with Gasteiger partial charge in [-0.2, -0.15) is 4.39 Å². The molecule has 4 aromatic heterocycles. The molecule has 268 valence electrons. The highest BCUT2D eigenvalue weighted by Gasteiger charge is 2.65. The van der Waals surface area contributed by atoms with Crippen LogP contribution in [0.2, 0.25) is 0 Å². The lowest BCUT2D eigenvalue weighted by atomic mass is 9.71. The van der Waals surface area contributed by atoms with E-state index < -0.39 is 22.9 Å². The van der Waals surface area contributed by atoms with Gasteiger partial charge in [0.1, 0.15) is 11.6 Å². The molecule has 2 aliphatic carbocycles. The molecule has 2 bridgehead atoms. The van der Waals surface area contributed by atoms with Gasteiger partial charge in [-0.3, -0.25) is 9.78 Å². The van der Waals surface area contributed by atoms with Crippen LogP contribution in [0.15, 0.2) is 51.7 Å². The van der Waals surface area contributed by atoms with Gasteiger partial charge in [-0.25, -0.2) is 23.7 Å². The second-order valence-corrected chi connectivity index (χ2v) is 15.5. The number of rotatable bonds is 8. The van der Waals surface area contributed by atoms with Gasteiger partial charge in [0, 0.05) is 28.2 Å². The number of fused-ring (bicyclic) bond motifs is 3. The summed E-state index contributed by atoms with van der Waals surface area (Å²) < 4.78 is 54.7. The maximum Gasteiger partial charge on any atom is 0.434 e. The molecule has 1 spiro atoms. The number of aryl methyl sites for hydroxylation is 3. The monoisotopic (exact) mass is 736 g/mol. The Kier molecular flexibility index (Phi) is 6.98. The molecule has 1 unspecified atom stereocenters. The fraction of sp³-hybridized carbons (Fsp3) is 0.308. The number of hydrogen-bond donors (Lipinski definition) is 2. The van der Waals surface area contributed by atoms with E-state index in [1.54, 1.807) is 12.1 Å². The van der Waals surface area contributed by atoms with Crippen molar-refractivity contribution in [3.8, 4) is 27.6 Å². The number of carbonyl (C=O) groups is 1. The molecule has 1 amide bonds. The Hall–Kier alpha value is -5.50. The number of carbonyl (C=O) groups excluding carboxylic acids is 1. The zero-order valence-corrected chi connectivity index (χ0v) is 29.4. The molecule has 53 heavy (non-hydrogen) atoms. The summed E-state index contributed by atoms with van der Waals surface area (Å²) in [5.74, 6) is -2.20. The van der Waals surface area contributed by atoms with Crippen LogP contribution in [0.3, 0.4) is 0 Å². The van der Waals surface area contributed by atoms with Crippen LogP contribution in [0.1, 0.15) is 69.4 Å². The number of aromatic amines is 1. The number of hydrogen-bond acceptors (Lipinski definition) is 9. The van der Waals surface area contributed by atoms with E-state index in [0.29, 0.717) is 77.5 Å². The Labute approximate surface area is 304 Å². The normalized spacial score (nSPS) is 20.8. The van der Waals surface area contributed by atoms with E-state index in [1.165, 1.54) is 36.6 Å². The molecule has 1 atom stereocenters. The molecule has 0 radical (unpaired) electrons.